The second-order valence-corrected chi connectivity index (χ2v) is 5.73. The summed E-state index contributed by atoms with van der Waals surface area (Å²) < 4.78 is 15.9. The van der Waals surface area contributed by atoms with E-state index in [1.165, 1.54) is 29.0 Å². The van der Waals surface area contributed by atoms with Gasteiger partial charge in [-0.25, -0.2) is 13.9 Å². The van der Waals surface area contributed by atoms with E-state index in [9.17, 15) is 9.18 Å². The fraction of sp³-hybridized carbons (Fsp3) is 0.176. The maximum absolute atomic E-state index is 14.4. The molecule has 1 aliphatic rings. The Hall–Kier alpha value is -3.27. The summed E-state index contributed by atoms with van der Waals surface area (Å²) in [4.78, 5) is 16.1. The maximum Gasteiger partial charge on any atom is 0.227 e. The molecule has 4 rings (SSSR count). The molecule has 1 N–H and O–H groups in total. The third-order valence-electron chi connectivity index (χ3n) is 3.97. The lowest BCUT2D eigenvalue weighted by molar-refractivity contribution is -0.117. The minimum atomic E-state index is -0.531. The number of halogens is 1. The predicted molar refractivity (Wildman–Crippen MR) is 84.4 cm³/mol. The van der Waals surface area contributed by atoms with Crippen LogP contribution in [0, 0.1) is 23.1 Å². The Labute approximate surface area is 136 Å². The van der Waals surface area contributed by atoms with Gasteiger partial charge in [-0.2, -0.15) is 10.4 Å². The van der Waals surface area contributed by atoms with E-state index in [-0.39, 0.29) is 23.0 Å². The summed E-state index contributed by atoms with van der Waals surface area (Å²) >= 11 is 0. The zero-order valence-corrected chi connectivity index (χ0v) is 12.5. The molecule has 118 valence electrons. The first-order valence-electron chi connectivity index (χ1n) is 7.50. The van der Waals surface area contributed by atoms with E-state index in [4.69, 9.17) is 5.26 Å². The number of carbonyl (C=O) groups is 1. The first-order chi connectivity index (χ1) is 11.7. The van der Waals surface area contributed by atoms with Gasteiger partial charge in [-0.1, -0.05) is 0 Å². The quantitative estimate of drug-likeness (QED) is 0.804. The summed E-state index contributed by atoms with van der Waals surface area (Å²) in [5.41, 5.74) is 2.03. The molecule has 1 saturated carbocycles. The monoisotopic (exact) mass is 321 g/mol. The van der Waals surface area contributed by atoms with Crippen LogP contribution in [0.15, 0.2) is 36.7 Å². The Morgan fingerprint density at radius 1 is 1.33 bits per heavy atom. The van der Waals surface area contributed by atoms with Crippen molar-refractivity contribution in [1.82, 2.24) is 14.6 Å². The normalized spacial score (nSPS) is 13.7. The fourth-order valence-corrected chi connectivity index (χ4v) is 2.57. The van der Waals surface area contributed by atoms with Gasteiger partial charge in [0.1, 0.15) is 12.1 Å². The average Bonchev–Trinajstić information content (AvgIpc) is 3.32. The lowest BCUT2D eigenvalue weighted by Gasteiger charge is -2.10. The van der Waals surface area contributed by atoms with Gasteiger partial charge in [0.25, 0.3) is 0 Å². The van der Waals surface area contributed by atoms with Crippen molar-refractivity contribution in [2.24, 2.45) is 5.92 Å². The van der Waals surface area contributed by atoms with Crippen LogP contribution in [-0.4, -0.2) is 20.5 Å². The summed E-state index contributed by atoms with van der Waals surface area (Å²) in [5.74, 6) is -0.504. The highest BCUT2D eigenvalue weighted by molar-refractivity contribution is 5.95. The standard InChI is InChI=1S/C17H12FN5O/c18-14-5-10(8-19)1-4-13(14)15-6-12(22-17(24)11-2-3-11)7-16-20-9-21-23(15)16/h1,4-7,9,11H,2-3H2,(H,22,24). The third-order valence-corrected chi connectivity index (χ3v) is 3.97. The number of amides is 1. The lowest BCUT2D eigenvalue weighted by Crippen LogP contribution is -2.13. The number of nitrogens with zero attached hydrogens (tertiary/aromatic N) is 4. The van der Waals surface area contributed by atoms with Crippen LogP contribution in [0.5, 0.6) is 0 Å². The van der Waals surface area contributed by atoms with Crippen molar-refractivity contribution in [3.8, 4) is 17.3 Å². The zero-order valence-electron chi connectivity index (χ0n) is 12.5. The number of nitriles is 1. The molecule has 0 unspecified atom stereocenters. The average molecular weight is 321 g/mol. The largest absolute Gasteiger partial charge is 0.326 e. The number of carbonyl (C=O) groups excluding carboxylic acids is 1. The summed E-state index contributed by atoms with van der Waals surface area (Å²) in [6.45, 7) is 0. The number of nitrogens with one attached hydrogen (secondary N) is 1. The van der Waals surface area contributed by atoms with Gasteiger partial charge in [-0.15, -0.1) is 0 Å². The highest BCUT2D eigenvalue weighted by Gasteiger charge is 2.29. The van der Waals surface area contributed by atoms with Crippen molar-refractivity contribution in [3.05, 3.63) is 48.0 Å². The van der Waals surface area contributed by atoms with E-state index in [0.29, 0.717) is 17.0 Å². The SMILES string of the molecule is N#Cc1ccc(-c2cc(NC(=O)C3CC3)cc3ncnn23)c(F)c1. The molecule has 1 fully saturated rings. The second kappa shape index (κ2) is 5.42. The van der Waals surface area contributed by atoms with Crippen LogP contribution in [0.2, 0.25) is 0 Å². The Kier molecular flexibility index (Phi) is 3.24. The molecule has 0 aliphatic heterocycles. The summed E-state index contributed by atoms with van der Waals surface area (Å²) in [6.07, 6.45) is 3.17. The number of anilines is 1. The van der Waals surface area contributed by atoms with E-state index < -0.39 is 5.82 Å². The van der Waals surface area contributed by atoms with Gasteiger partial charge in [-0.3, -0.25) is 4.79 Å². The number of fused-ring (bicyclic) bond motifs is 1. The Bertz CT molecular complexity index is 1000. The molecule has 2 heterocycles. The van der Waals surface area contributed by atoms with Gasteiger partial charge in [0.2, 0.25) is 5.91 Å². The van der Waals surface area contributed by atoms with Crippen LogP contribution >= 0.6 is 0 Å². The van der Waals surface area contributed by atoms with Crippen LogP contribution in [-0.2, 0) is 4.79 Å². The van der Waals surface area contributed by atoms with Gasteiger partial charge in [0, 0.05) is 23.2 Å². The Morgan fingerprint density at radius 2 is 2.17 bits per heavy atom. The zero-order chi connectivity index (χ0) is 16.7. The lowest BCUT2D eigenvalue weighted by atomic mass is 10.1. The first-order valence-corrected chi connectivity index (χ1v) is 7.50. The van der Waals surface area contributed by atoms with E-state index in [0.717, 1.165) is 12.8 Å². The highest BCUT2D eigenvalue weighted by Crippen LogP contribution is 2.31. The number of hydrogen-bond donors (Lipinski definition) is 1. The molecule has 1 amide bonds. The number of rotatable bonds is 3. The predicted octanol–water partition coefficient (Wildman–Crippen LogP) is 2.76. The Balaban J connectivity index is 1.83. The first kappa shape index (κ1) is 14.3. The van der Waals surface area contributed by atoms with Crippen molar-refractivity contribution in [1.29, 1.82) is 5.26 Å². The van der Waals surface area contributed by atoms with E-state index in [1.54, 1.807) is 12.1 Å². The summed E-state index contributed by atoms with van der Waals surface area (Å²) in [7, 11) is 0. The number of aromatic nitrogens is 3. The smallest absolute Gasteiger partial charge is 0.227 e. The molecule has 6 nitrogen and oxygen atoms in total. The van der Waals surface area contributed by atoms with Crippen LogP contribution < -0.4 is 5.32 Å². The molecule has 0 spiro atoms. The van der Waals surface area contributed by atoms with Gasteiger partial charge in [0.05, 0.1) is 17.3 Å². The molecule has 0 bridgehead atoms. The van der Waals surface area contributed by atoms with Gasteiger partial charge < -0.3 is 5.32 Å². The number of hydrogen-bond acceptors (Lipinski definition) is 4. The van der Waals surface area contributed by atoms with E-state index >= 15 is 0 Å². The van der Waals surface area contributed by atoms with E-state index in [1.807, 2.05) is 6.07 Å². The van der Waals surface area contributed by atoms with Crippen molar-refractivity contribution >= 4 is 17.2 Å². The van der Waals surface area contributed by atoms with Crippen LogP contribution in [0.25, 0.3) is 16.9 Å². The summed E-state index contributed by atoms with van der Waals surface area (Å²) in [5, 5.41) is 15.8. The molecular formula is C17H12FN5O. The minimum absolute atomic E-state index is 0.0369. The number of pyridine rings is 1. The molecule has 1 aliphatic carbocycles. The maximum atomic E-state index is 14.4. The van der Waals surface area contributed by atoms with Crippen LogP contribution in [0.4, 0.5) is 10.1 Å². The van der Waals surface area contributed by atoms with Crippen molar-refractivity contribution in [2.45, 2.75) is 12.8 Å². The summed E-state index contributed by atoms with van der Waals surface area (Å²) in [6, 6.07) is 9.49. The molecular weight excluding hydrogens is 309 g/mol. The van der Waals surface area contributed by atoms with Gasteiger partial charge in [0.15, 0.2) is 5.65 Å². The van der Waals surface area contributed by atoms with Gasteiger partial charge in [-0.05, 0) is 37.1 Å². The molecule has 0 radical (unpaired) electrons. The third kappa shape index (κ3) is 2.48. The molecule has 3 aromatic rings. The highest BCUT2D eigenvalue weighted by atomic mass is 19.1. The minimum Gasteiger partial charge on any atom is -0.326 e. The van der Waals surface area contributed by atoms with Crippen molar-refractivity contribution in [2.75, 3.05) is 5.32 Å². The molecule has 1 aromatic carbocycles. The van der Waals surface area contributed by atoms with Gasteiger partial charge >= 0.3 is 0 Å². The molecule has 2 aromatic heterocycles. The van der Waals surface area contributed by atoms with Crippen molar-refractivity contribution < 1.29 is 9.18 Å². The van der Waals surface area contributed by atoms with Crippen LogP contribution in [0.1, 0.15) is 18.4 Å². The second-order valence-electron chi connectivity index (χ2n) is 5.73. The van der Waals surface area contributed by atoms with E-state index in [2.05, 4.69) is 15.4 Å². The Morgan fingerprint density at radius 3 is 2.88 bits per heavy atom. The number of benzene rings is 1. The molecule has 7 heteroatoms. The molecule has 24 heavy (non-hydrogen) atoms. The molecule has 0 saturated heterocycles. The van der Waals surface area contributed by atoms with Crippen molar-refractivity contribution in [3.63, 3.8) is 0 Å². The fourth-order valence-electron chi connectivity index (χ4n) is 2.57. The topological polar surface area (TPSA) is 83.1 Å². The molecule has 0 atom stereocenters. The van der Waals surface area contributed by atoms with Crippen LogP contribution in [0.3, 0.4) is 0 Å².